The first kappa shape index (κ1) is 24.7. The van der Waals surface area contributed by atoms with Gasteiger partial charge in [0.25, 0.3) is 0 Å². The van der Waals surface area contributed by atoms with Crippen molar-refractivity contribution in [2.24, 2.45) is 5.92 Å². The van der Waals surface area contributed by atoms with Crippen molar-refractivity contribution in [1.29, 1.82) is 0 Å². The SMILES string of the molecule is O=C(CCCCCNC(=O)OCC1c2ccccc2-c2ccccc21)NC[C@@H]1C[C@H](C(=O)O)CO1. The van der Waals surface area contributed by atoms with Crippen LogP contribution in [0.15, 0.2) is 48.5 Å². The number of nitrogens with one attached hydrogen (secondary N) is 2. The smallest absolute Gasteiger partial charge is 0.407 e. The number of aliphatic carboxylic acids is 1. The molecule has 1 saturated heterocycles. The number of carboxylic acids is 1. The number of benzene rings is 2. The summed E-state index contributed by atoms with van der Waals surface area (Å²) < 4.78 is 10.9. The maximum absolute atomic E-state index is 12.2. The van der Waals surface area contributed by atoms with Crippen LogP contribution < -0.4 is 10.6 Å². The number of unbranched alkanes of at least 4 members (excludes halogenated alkanes) is 2. The average Bonchev–Trinajstić information content (AvgIpc) is 3.47. The fourth-order valence-electron chi connectivity index (χ4n) is 4.76. The van der Waals surface area contributed by atoms with Crippen molar-refractivity contribution in [3.8, 4) is 11.1 Å². The lowest BCUT2D eigenvalue weighted by Gasteiger charge is -2.14. The molecule has 2 aliphatic rings. The van der Waals surface area contributed by atoms with Crippen LogP contribution in [0.2, 0.25) is 0 Å². The lowest BCUT2D eigenvalue weighted by atomic mass is 9.98. The minimum absolute atomic E-state index is 0.0382. The zero-order valence-electron chi connectivity index (χ0n) is 19.7. The number of carbonyl (C=O) groups excluding carboxylic acids is 2. The standard InChI is InChI=1S/C27H32N2O6/c30-25(29-15-19-14-18(16-34-19)26(31)32)12-2-1-7-13-28-27(33)35-17-24-22-10-5-3-8-20(22)21-9-4-6-11-23(21)24/h3-6,8-11,18-19,24H,1-2,7,12-17H2,(H,28,33)(H,29,30)(H,31,32)/t18-,19-/m0/s1. The van der Waals surface area contributed by atoms with Gasteiger partial charge in [0.1, 0.15) is 6.61 Å². The Kier molecular flexibility index (Phi) is 8.36. The van der Waals surface area contributed by atoms with Gasteiger partial charge in [-0.3, -0.25) is 9.59 Å². The Bertz CT molecular complexity index is 1010. The molecule has 1 fully saturated rings. The lowest BCUT2D eigenvalue weighted by molar-refractivity contribution is -0.141. The van der Waals surface area contributed by atoms with E-state index >= 15 is 0 Å². The number of ether oxygens (including phenoxy) is 2. The third-order valence-electron chi connectivity index (χ3n) is 6.65. The topological polar surface area (TPSA) is 114 Å². The van der Waals surface area contributed by atoms with Gasteiger partial charge in [-0.2, -0.15) is 0 Å². The summed E-state index contributed by atoms with van der Waals surface area (Å²) >= 11 is 0. The first-order valence-electron chi connectivity index (χ1n) is 12.2. The van der Waals surface area contributed by atoms with Crippen LogP contribution in [-0.2, 0) is 19.1 Å². The van der Waals surface area contributed by atoms with E-state index < -0.39 is 18.0 Å². The second kappa shape index (κ2) is 11.8. The summed E-state index contributed by atoms with van der Waals surface area (Å²) in [5, 5.41) is 14.6. The second-order valence-corrected chi connectivity index (χ2v) is 9.09. The highest BCUT2D eigenvalue weighted by Gasteiger charge is 2.31. The van der Waals surface area contributed by atoms with Crippen LogP contribution in [0.5, 0.6) is 0 Å². The van der Waals surface area contributed by atoms with Gasteiger partial charge in [-0.15, -0.1) is 0 Å². The number of hydrogen-bond donors (Lipinski definition) is 3. The molecule has 0 saturated carbocycles. The van der Waals surface area contributed by atoms with E-state index in [1.165, 1.54) is 22.3 Å². The monoisotopic (exact) mass is 480 g/mol. The van der Waals surface area contributed by atoms with E-state index in [4.69, 9.17) is 14.6 Å². The van der Waals surface area contributed by atoms with E-state index in [2.05, 4.69) is 34.9 Å². The van der Waals surface area contributed by atoms with Gasteiger partial charge in [-0.05, 0) is 41.5 Å². The highest BCUT2D eigenvalue weighted by Crippen LogP contribution is 2.44. The first-order valence-corrected chi connectivity index (χ1v) is 12.2. The van der Waals surface area contributed by atoms with Gasteiger partial charge in [0.15, 0.2) is 0 Å². The summed E-state index contributed by atoms with van der Waals surface area (Å²) in [6, 6.07) is 16.4. The van der Waals surface area contributed by atoms with Crippen LogP contribution in [0.3, 0.4) is 0 Å². The molecule has 2 aromatic carbocycles. The molecule has 8 heteroatoms. The van der Waals surface area contributed by atoms with Crippen molar-refractivity contribution in [2.45, 2.75) is 44.1 Å². The van der Waals surface area contributed by atoms with Gasteiger partial charge in [-0.25, -0.2) is 4.79 Å². The van der Waals surface area contributed by atoms with Crippen molar-refractivity contribution < 1.29 is 29.0 Å². The quantitative estimate of drug-likeness (QED) is 0.423. The summed E-state index contributed by atoms with van der Waals surface area (Å²) in [7, 11) is 0. The first-order chi connectivity index (χ1) is 17.0. The van der Waals surface area contributed by atoms with Gasteiger partial charge in [0.2, 0.25) is 5.91 Å². The molecule has 8 nitrogen and oxygen atoms in total. The number of carbonyl (C=O) groups is 3. The minimum Gasteiger partial charge on any atom is -0.481 e. The zero-order valence-corrected chi connectivity index (χ0v) is 19.7. The molecule has 35 heavy (non-hydrogen) atoms. The molecule has 0 spiro atoms. The number of alkyl carbamates (subject to hydrolysis) is 1. The Balaban J connectivity index is 1.07. The van der Waals surface area contributed by atoms with E-state index in [-0.39, 0.29) is 31.1 Å². The van der Waals surface area contributed by atoms with Crippen LogP contribution in [0, 0.1) is 5.92 Å². The molecule has 1 aliphatic heterocycles. The second-order valence-electron chi connectivity index (χ2n) is 9.09. The molecule has 3 N–H and O–H groups in total. The van der Waals surface area contributed by atoms with E-state index in [1.807, 2.05) is 24.3 Å². The number of fused-ring (bicyclic) bond motifs is 3. The van der Waals surface area contributed by atoms with E-state index in [9.17, 15) is 14.4 Å². The van der Waals surface area contributed by atoms with Crippen LogP contribution in [0.25, 0.3) is 11.1 Å². The van der Waals surface area contributed by atoms with Crippen LogP contribution in [0.1, 0.15) is 49.1 Å². The van der Waals surface area contributed by atoms with Crippen molar-refractivity contribution in [2.75, 3.05) is 26.3 Å². The molecule has 0 unspecified atom stereocenters. The van der Waals surface area contributed by atoms with Crippen molar-refractivity contribution in [1.82, 2.24) is 10.6 Å². The summed E-state index contributed by atoms with van der Waals surface area (Å²) in [4.78, 5) is 35.1. The Morgan fingerprint density at radius 2 is 1.63 bits per heavy atom. The molecule has 1 aliphatic carbocycles. The fraction of sp³-hybridized carbons (Fsp3) is 0.444. The van der Waals surface area contributed by atoms with Gasteiger partial charge >= 0.3 is 12.1 Å². The molecular formula is C27H32N2O6. The van der Waals surface area contributed by atoms with Crippen molar-refractivity contribution >= 4 is 18.0 Å². The summed E-state index contributed by atoms with van der Waals surface area (Å²) in [5.74, 6) is -1.38. The van der Waals surface area contributed by atoms with Gasteiger partial charge < -0.3 is 25.2 Å². The maximum atomic E-state index is 12.2. The Labute approximate surface area is 205 Å². The highest BCUT2D eigenvalue weighted by molar-refractivity contribution is 5.79. The fourth-order valence-corrected chi connectivity index (χ4v) is 4.76. The average molecular weight is 481 g/mol. The van der Waals surface area contributed by atoms with E-state index in [0.29, 0.717) is 32.4 Å². The minimum atomic E-state index is -0.856. The predicted octanol–water partition coefficient (Wildman–Crippen LogP) is 3.69. The van der Waals surface area contributed by atoms with Crippen molar-refractivity contribution in [3.05, 3.63) is 59.7 Å². The molecule has 0 aromatic heterocycles. The largest absolute Gasteiger partial charge is 0.481 e. The zero-order chi connectivity index (χ0) is 24.6. The van der Waals surface area contributed by atoms with Gasteiger partial charge in [0.05, 0.1) is 18.6 Å². The summed E-state index contributed by atoms with van der Waals surface area (Å²) in [6.07, 6.45) is 2.42. The maximum Gasteiger partial charge on any atom is 0.407 e. The normalized spacial score (nSPS) is 18.5. The third-order valence-corrected chi connectivity index (χ3v) is 6.65. The summed E-state index contributed by atoms with van der Waals surface area (Å²) in [5.41, 5.74) is 4.75. The summed E-state index contributed by atoms with van der Waals surface area (Å²) in [6.45, 7) is 1.32. The highest BCUT2D eigenvalue weighted by atomic mass is 16.5. The molecule has 0 bridgehead atoms. The number of rotatable bonds is 11. The molecule has 4 rings (SSSR count). The van der Waals surface area contributed by atoms with Crippen LogP contribution in [-0.4, -0.2) is 55.5 Å². The lowest BCUT2D eigenvalue weighted by Crippen LogP contribution is -2.31. The molecule has 1 heterocycles. The predicted molar refractivity (Wildman–Crippen MR) is 130 cm³/mol. The number of amides is 2. The third kappa shape index (κ3) is 6.39. The number of carboxylic acid groups (broad SMARTS) is 1. The van der Waals surface area contributed by atoms with E-state index in [0.717, 1.165) is 12.8 Å². The van der Waals surface area contributed by atoms with Crippen LogP contribution in [0.4, 0.5) is 4.79 Å². The Morgan fingerprint density at radius 1 is 0.943 bits per heavy atom. The van der Waals surface area contributed by atoms with E-state index in [1.54, 1.807) is 0 Å². The van der Waals surface area contributed by atoms with Gasteiger partial charge in [0, 0.05) is 25.4 Å². The number of hydrogen-bond acceptors (Lipinski definition) is 5. The Morgan fingerprint density at radius 3 is 2.29 bits per heavy atom. The molecule has 0 radical (unpaired) electrons. The molecule has 186 valence electrons. The van der Waals surface area contributed by atoms with Crippen molar-refractivity contribution in [3.63, 3.8) is 0 Å². The molecule has 2 aromatic rings. The van der Waals surface area contributed by atoms with Gasteiger partial charge in [-0.1, -0.05) is 55.0 Å². The molecule has 2 amide bonds. The Hall–Kier alpha value is -3.39. The van der Waals surface area contributed by atoms with Crippen LogP contribution >= 0.6 is 0 Å². The molecular weight excluding hydrogens is 448 g/mol. The molecule has 2 atom stereocenters.